The van der Waals surface area contributed by atoms with Crippen LogP contribution in [0.1, 0.15) is 39.4 Å². The van der Waals surface area contributed by atoms with Crippen molar-refractivity contribution in [1.29, 1.82) is 0 Å². The maximum absolute atomic E-state index is 12.7. The molecule has 1 aliphatic rings. The summed E-state index contributed by atoms with van der Waals surface area (Å²) in [5, 5.41) is 22.5. The molecule has 5 N–H and O–H groups in total. The number of amides is 2. The van der Waals surface area contributed by atoms with Gasteiger partial charge in [0.2, 0.25) is 5.43 Å². The van der Waals surface area contributed by atoms with E-state index in [-0.39, 0.29) is 24.6 Å². The largest absolute Gasteiger partial charge is 0.483 e. The van der Waals surface area contributed by atoms with Crippen LogP contribution in [0.5, 0.6) is 5.75 Å². The van der Waals surface area contributed by atoms with Crippen molar-refractivity contribution in [2.75, 3.05) is 6.54 Å². The van der Waals surface area contributed by atoms with E-state index in [1.807, 2.05) is 6.07 Å². The number of carbonyl (C=O) groups excluding carboxylic acids is 2. The van der Waals surface area contributed by atoms with E-state index in [1.165, 1.54) is 0 Å². The van der Waals surface area contributed by atoms with Gasteiger partial charge in [-0.1, -0.05) is 30.3 Å². The summed E-state index contributed by atoms with van der Waals surface area (Å²) in [6.45, 7) is 0.985. The Morgan fingerprint density at radius 1 is 1.33 bits per heavy atom. The fourth-order valence-electron chi connectivity index (χ4n) is 2.94. The second-order valence-electron chi connectivity index (χ2n) is 6.42. The van der Waals surface area contributed by atoms with E-state index in [0.717, 1.165) is 23.3 Å². The molecule has 0 aliphatic carbocycles. The Kier molecular flexibility index (Phi) is 4.73. The van der Waals surface area contributed by atoms with Crippen molar-refractivity contribution in [2.45, 2.75) is 25.4 Å². The number of nitrogens with zero attached hydrogens (tertiary/aromatic N) is 1. The van der Waals surface area contributed by atoms with Gasteiger partial charge in [0.25, 0.3) is 11.8 Å². The zero-order valence-corrected chi connectivity index (χ0v) is 14.5. The van der Waals surface area contributed by atoms with Crippen LogP contribution in [0.3, 0.4) is 0 Å². The van der Waals surface area contributed by atoms with Gasteiger partial charge < -0.3 is 30.6 Å². The molecule has 0 saturated heterocycles. The quantitative estimate of drug-likeness (QED) is 0.521. The number of pyridine rings is 1. The van der Waals surface area contributed by atoms with Gasteiger partial charge in [-0.3, -0.25) is 14.4 Å². The van der Waals surface area contributed by atoms with Crippen LogP contribution < -0.4 is 21.2 Å². The molecule has 0 fully saturated rings. The van der Waals surface area contributed by atoms with Gasteiger partial charge in [0.1, 0.15) is 18.2 Å². The lowest BCUT2D eigenvalue weighted by Crippen LogP contribution is -2.50. The van der Waals surface area contributed by atoms with Crippen molar-refractivity contribution in [3.8, 4) is 5.75 Å². The number of rotatable bonds is 5. The van der Waals surface area contributed by atoms with E-state index in [9.17, 15) is 24.6 Å². The summed E-state index contributed by atoms with van der Waals surface area (Å²) in [7, 11) is 0. The van der Waals surface area contributed by atoms with Gasteiger partial charge in [0.15, 0.2) is 17.2 Å². The highest BCUT2D eigenvalue weighted by molar-refractivity contribution is 5.98. The number of nitrogens with one attached hydrogen (secondary N) is 1. The van der Waals surface area contributed by atoms with Gasteiger partial charge in [-0.2, -0.15) is 0 Å². The fraction of sp³-hybridized carbons (Fsp3) is 0.278. The molecule has 2 amide bonds. The number of fused-ring (bicyclic) bond motifs is 1. The zero-order chi connectivity index (χ0) is 19.8. The highest BCUT2D eigenvalue weighted by Gasteiger charge is 2.39. The number of aliphatic hydroxyl groups is 2. The van der Waals surface area contributed by atoms with Crippen LogP contribution in [-0.2, 0) is 6.61 Å². The summed E-state index contributed by atoms with van der Waals surface area (Å²) in [5.74, 6) is -4.25. The Bertz CT molecular complexity index is 946. The van der Waals surface area contributed by atoms with Crippen LogP contribution in [0.15, 0.2) is 41.3 Å². The van der Waals surface area contributed by atoms with Crippen molar-refractivity contribution < 1.29 is 24.5 Å². The van der Waals surface area contributed by atoms with Gasteiger partial charge in [-0.25, -0.2) is 0 Å². The average Bonchev–Trinajstić information content (AvgIpc) is 2.60. The number of carbonyl (C=O) groups is 2. The van der Waals surface area contributed by atoms with E-state index in [0.29, 0.717) is 0 Å². The number of hydrogen-bond acceptors (Lipinski definition) is 6. The number of aromatic nitrogens is 1. The summed E-state index contributed by atoms with van der Waals surface area (Å²) in [6.07, 6.45) is 1.06. The SMILES string of the molecule is CC(O)(O)[C@H]1CNC(=O)c2c(OCc3ccccc3)c(=O)c(C(N)=O)cn21. The minimum atomic E-state index is -2.23. The Morgan fingerprint density at radius 2 is 2.00 bits per heavy atom. The molecule has 0 unspecified atom stereocenters. The third-order valence-corrected chi connectivity index (χ3v) is 4.32. The molecule has 1 atom stereocenters. The summed E-state index contributed by atoms with van der Waals surface area (Å²) in [6, 6.07) is 7.87. The normalized spacial score (nSPS) is 16.4. The van der Waals surface area contributed by atoms with Crippen LogP contribution in [0.4, 0.5) is 0 Å². The van der Waals surface area contributed by atoms with Gasteiger partial charge >= 0.3 is 0 Å². The molecule has 1 aromatic heterocycles. The van der Waals surface area contributed by atoms with Gasteiger partial charge in [0, 0.05) is 12.7 Å². The molecule has 2 aromatic rings. The van der Waals surface area contributed by atoms with E-state index in [2.05, 4.69) is 5.32 Å². The van der Waals surface area contributed by atoms with E-state index < -0.39 is 34.6 Å². The smallest absolute Gasteiger partial charge is 0.272 e. The monoisotopic (exact) mass is 373 g/mol. The molecule has 0 saturated carbocycles. The minimum absolute atomic E-state index is 0.0290. The van der Waals surface area contributed by atoms with Crippen molar-refractivity contribution in [1.82, 2.24) is 9.88 Å². The van der Waals surface area contributed by atoms with Crippen LogP contribution in [-0.4, -0.2) is 38.9 Å². The maximum atomic E-state index is 12.7. The number of nitrogens with two attached hydrogens (primary N) is 1. The Labute approximate surface area is 154 Å². The first-order valence-electron chi connectivity index (χ1n) is 8.18. The first kappa shape index (κ1) is 18.6. The van der Waals surface area contributed by atoms with Crippen molar-refractivity contribution >= 4 is 11.8 Å². The summed E-state index contributed by atoms with van der Waals surface area (Å²) < 4.78 is 6.73. The Morgan fingerprint density at radius 3 is 2.59 bits per heavy atom. The summed E-state index contributed by atoms with van der Waals surface area (Å²) in [5.41, 5.74) is 4.57. The van der Waals surface area contributed by atoms with Crippen LogP contribution >= 0.6 is 0 Å². The summed E-state index contributed by atoms with van der Waals surface area (Å²) >= 11 is 0. The molecular weight excluding hydrogens is 354 g/mol. The highest BCUT2D eigenvalue weighted by atomic mass is 16.5. The third kappa shape index (κ3) is 3.55. The van der Waals surface area contributed by atoms with Gasteiger partial charge in [-0.15, -0.1) is 0 Å². The summed E-state index contributed by atoms with van der Waals surface area (Å²) in [4.78, 5) is 36.8. The van der Waals surface area contributed by atoms with Gasteiger partial charge in [0.05, 0.1) is 0 Å². The Balaban J connectivity index is 2.16. The fourth-order valence-corrected chi connectivity index (χ4v) is 2.94. The Hall–Kier alpha value is -3.17. The predicted octanol–water partition coefficient (Wildman–Crippen LogP) is -0.488. The molecule has 1 aliphatic heterocycles. The number of primary amides is 1. The minimum Gasteiger partial charge on any atom is -0.483 e. The molecule has 3 rings (SSSR count). The molecule has 0 radical (unpaired) electrons. The molecule has 0 spiro atoms. The second kappa shape index (κ2) is 6.86. The molecular formula is C18H19N3O6. The molecule has 9 nitrogen and oxygen atoms in total. The lowest BCUT2D eigenvalue weighted by molar-refractivity contribution is -0.178. The first-order chi connectivity index (χ1) is 12.7. The second-order valence-corrected chi connectivity index (χ2v) is 6.42. The lowest BCUT2D eigenvalue weighted by atomic mass is 10.0. The van der Waals surface area contributed by atoms with Crippen LogP contribution in [0.2, 0.25) is 0 Å². The van der Waals surface area contributed by atoms with Crippen LogP contribution in [0, 0.1) is 0 Å². The lowest BCUT2D eigenvalue weighted by Gasteiger charge is -2.35. The standard InChI is InChI=1S/C18H19N3O6/c1-18(25,26)12-7-20-17(24)13-15(27-9-10-5-3-2-4-6-10)14(22)11(16(19)23)8-21(12)13/h2-6,8,12,25-26H,7,9H2,1H3,(H2,19,23)(H,20,24)/t12-/m1/s1. The van der Waals surface area contributed by atoms with Crippen LogP contribution in [0.25, 0.3) is 0 Å². The number of benzene rings is 1. The van der Waals surface area contributed by atoms with Gasteiger partial charge in [-0.05, 0) is 12.5 Å². The zero-order valence-electron chi connectivity index (χ0n) is 14.5. The number of hydrogen-bond donors (Lipinski definition) is 4. The van der Waals surface area contributed by atoms with Crippen molar-refractivity contribution in [3.63, 3.8) is 0 Å². The number of ether oxygens (including phenoxy) is 1. The van der Waals surface area contributed by atoms with E-state index >= 15 is 0 Å². The molecule has 27 heavy (non-hydrogen) atoms. The molecule has 142 valence electrons. The van der Waals surface area contributed by atoms with E-state index in [4.69, 9.17) is 10.5 Å². The molecule has 1 aromatic carbocycles. The third-order valence-electron chi connectivity index (χ3n) is 4.32. The highest BCUT2D eigenvalue weighted by Crippen LogP contribution is 2.29. The topological polar surface area (TPSA) is 144 Å². The molecule has 0 bridgehead atoms. The molecule has 9 heteroatoms. The van der Waals surface area contributed by atoms with Crippen molar-refractivity contribution in [3.05, 3.63) is 63.6 Å². The maximum Gasteiger partial charge on any atom is 0.272 e. The van der Waals surface area contributed by atoms with E-state index in [1.54, 1.807) is 24.3 Å². The predicted molar refractivity (Wildman–Crippen MR) is 94.2 cm³/mol. The first-order valence-corrected chi connectivity index (χ1v) is 8.18. The molecule has 2 heterocycles. The van der Waals surface area contributed by atoms with Crippen molar-refractivity contribution in [2.24, 2.45) is 5.73 Å². The average molecular weight is 373 g/mol.